The molecular formula is C11H25NO. The molecule has 0 radical (unpaired) electrons. The maximum Gasteiger partial charge on any atom is 0.0622 e. The van der Waals surface area contributed by atoms with Crippen LogP contribution in [-0.4, -0.2) is 25.8 Å². The molecule has 80 valence electrons. The lowest BCUT2D eigenvalue weighted by Crippen LogP contribution is -2.23. The largest absolute Gasteiger partial charge is 0.379 e. The maximum absolute atomic E-state index is 5.36. The van der Waals surface area contributed by atoms with Gasteiger partial charge >= 0.3 is 0 Å². The molecule has 1 unspecified atom stereocenters. The third kappa shape index (κ3) is 7.03. The fourth-order valence-corrected chi connectivity index (χ4v) is 1.25. The number of ether oxygens (including phenoxy) is 1. The van der Waals surface area contributed by atoms with Crippen molar-refractivity contribution in [3.05, 3.63) is 0 Å². The molecule has 0 aliphatic carbocycles. The van der Waals surface area contributed by atoms with Crippen LogP contribution in [0.15, 0.2) is 0 Å². The van der Waals surface area contributed by atoms with E-state index in [4.69, 9.17) is 4.74 Å². The van der Waals surface area contributed by atoms with E-state index in [0.29, 0.717) is 6.04 Å². The summed E-state index contributed by atoms with van der Waals surface area (Å²) in [5, 5.41) is 3.25. The Morgan fingerprint density at radius 3 is 2.38 bits per heavy atom. The van der Waals surface area contributed by atoms with Crippen molar-refractivity contribution in [1.29, 1.82) is 0 Å². The lowest BCUT2D eigenvalue weighted by Gasteiger charge is -2.22. The molecule has 0 spiro atoms. The standard InChI is InChI=1S/C11H25NO/c1-10(12-4)8-6-7-9-11(2,3)13-5/h10,12H,6-9H2,1-5H3. The molecule has 13 heavy (non-hydrogen) atoms. The third-order valence-corrected chi connectivity index (χ3v) is 2.71. The monoisotopic (exact) mass is 187 g/mol. The Bertz CT molecular complexity index is 123. The molecule has 0 aliphatic heterocycles. The summed E-state index contributed by atoms with van der Waals surface area (Å²) in [7, 11) is 3.81. The van der Waals surface area contributed by atoms with Gasteiger partial charge < -0.3 is 10.1 Å². The highest BCUT2D eigenvalue weighted by atomic mass is 16.5. The number of hydrogen-bond acceptors (Lipinski definition) is 2. The lowest BCUT2D eigenvalue weighted by molar-refractivity contribution is 0.0133. The van der Waals surface area contributed by atoms with Crippen LogP contribution in [0.2, 0.25) is 0 Å². The van der Waals surface area contributed by atoms with Crippen LogP contribution in [0.25, 0.3) is 0 Å². The first-order valence-corrected chi connectivity index (χ1v) is 5.24. The van der Waals surface area contributed by atoms with E-state index in [9.17, 15) is 0 Å². The zero-order valence-electron chi connectivity index (χ0n) is 9.81. The summed E-state index contributed by atoms with van der Waals surface area (Å²) in [6.07, 6.45) is 4.96. The SMILES string of the molecule is CNC(C)CCCCC(C)(C)OC. The molecule has 0 bridgehead atoms. The fourth-order valence-electron chi connectivity index (χ4n) is 1.25. The van der Waals surface area contributed by atoms with Gasteiger partial charge in [0.15, 0.2) is 0 Å². The topological polar surface area (TPSA) is 21.3 Å². The summed E-state index contributed by atoms with van der Waals surface area (Å²) in [5.74, 6) is 0. The van der Waals surface area contributed by atoms with Crippen molar-refractivity contribution < 1.29 is 4.74 Å². The highest BCUT2D eigenvalue weighted by Crippen LogP contribution is 2.17. The molecule has 0 amide bonds. The molecule has 0 aromatic heterocycles. The molecule has 2 heteroatoms. The van der Waals surface area contributed by atoms with Crippen molar-refractivity contribution >= 4 is 0 Å². The van der Waals surface area contributed by atoms with E-state index in [-0.39, 0.29) is 5.60 Å². The highest BCUT2D eigenvalue weighted by molar-refractivity contribution is 4.68. The first-order chi connectivity index (χ1) is 6.02. The number of nitrogens with one attached hydrogen (secondary N) is 1. The van der Waals surface area contributed by atoms with Gasteiger partial charge in [0.25, 0.3) is 0 Å². The summed E-state index contributed by atoms with van der Waals surface area (Å²) < 4.78 is 5.36. The van der Waals surface area contributed by atoms with Gasteiger partial charge in [-0.2, -0.15) is 0 Å². The summed E-state index contributed by atoms with van der Waals surface area (Å²) >= 11 is 0. The van der Waals surface area contributed by atoms with Crippen molar-refractivity contribution in [2.45, 2.75) is 58.1 Å². The second-order valence-electron chi connectivity index (χ2n) is 4.40. The number of rotatable bonds is 7. The molecule has 1 atom stereocenters. The van der Waals surface area contributed by atoms with Crippen LogP contribution in [0.3, 0.4) is 0 Å². The summed E-state index contributed by atoms with van der Waals surface area (Å²) in [6, 6.07) is 0.644. The van der Waals surface area contributed by atoms with Crippen LogP contribution in [-0.2, 0) is 4.74 Å². The molecule has 0 fully saturated rings. The Hall–Kier alpha value is -0.0800. The normalized spacial score (nSPS) is 14.5. The van der Waals surface area contributed by atoms with Gasteiger partial charge in [0.05, 0.1) is 5.60 Å². The third-order valence-electron chi connectivity index (χ3n) is 2.71. The number of methoxy groups -OCH3 is 1. The minimum absolute atomic E-state index is 0.0584. The van der Waals surface area contributed by atoms with Crippen molar-refractivity contribution in [3.63, 3.8) is 0 Å². The minimum Gasteiger partial charge on any atom is -0.379 e. The first kappa shape index (κ1) is 12.9. The number of hydrogen-bond donors (Lipinski definition) is 1. The van der Waals surface area contributed by atoms with E-state index in [2.05, 4.69) is 26.1 Å². The maximum atomic E-state index is 5.36. The predicted octanol–water partition coefficient (Wildman–Crippen LogP) is 2.58. The van der Waals surface area contributed by atoms with Gasteiger partial charge in [-0.1, -0.05) is 12.8 Å². The Morgan fingerprint density at radius 1 is 1.31 bits per heavy atom. The Labute approximate surface area is 83.1 Å². The average Bonchev–Trinajstić information content (AvgIpc) is 2.12. The van der Waals surface area contributed by atoms with Crippen LogP contribution < -0.4 is 5.32 Å². The smallest absolute Gasteiger partial charge is 0.0622 e. The quantitative estimate of drug-likeness (QED) is 0.619. The van der Waals surface area contributed by atoms with Gasteiger partial charge in [-0.05, 0) is 40.7 Å². The second-order valence-corrected chi connectivity index (χ2v) is 4.40. The summed E-state index contributed by atoms with van der Waals surface area (Å²) in [6.45, 7) is 6.52. The van der Waals surface area contributed by atoms with E-state index in [1.807, 2.05) is 7.05 Å². The van der Waals surface area contributed by atoms with Gasteiger partial charge in [0, 0.05) is 13.2 Å². The highest BCUT2D eigenvalue weighted by Gasteiger charge is 2.15. The summed E-state index contributed by atoms with van der Waals surface area (Å²) in [4.78, 5) is 0. The fraction of sp³-hybridized carbons (Fsp3) is 1.00. The summed E-state index contributed by atoms with van der Waals surface area (Å²) in [5.41, 5.74) is 0.0584. The van der Waals surface area contributed by atoms with Gasteiger partial charge in [-0.25, -0.2) is 0 Å². The van der Waals surface area contributed by atoms with Gasteiger partial charge in [0.1, 0.15) is 0 Å². The van der Waals surface area contributed by atoms with Crippen LogP contribution in [0, 0.1) is 0 Å². The van der Waals surface area contributed by atoms with Crippen molar-refractivity contribution in [3.8, 4) is 0 Å². The zero-order chi connectivity index (χ0) is 10.3. The molecule has 1 N–H and O–H groups in total. The van der Waals surface area contributed by atoms with Crippen molar-refractivity contribution in [2.75, 3.05) is 14.2 Å². The molecule has 0 aromatic carbocycles. The molecule has 0 rings (SSSR count). The molecular weight excluding hydrogens is 162 g/mol. The second kappa shape index (κ2) is 6.39. The van der Waals surface area contributed by atoms with E-state index in [1.54, 1.807) is 7.11 Å². The van der Waals surface area contributed by atoms with Crippen LogP contribution >= 0.6 is 0 Å². The van der Waals surface area contributed by atoms with Gasteiger partial charge in [0.2, 0.25) is 0 Å². The van der Waals surface area contributed by atoms with Crippen LogP contribution in [0.4, 0.5) is 0 Å². The van der Waals surface area contributed by atoms with E-state index in [0.717, 1.165) is 6.42 Å². The Kier molecular flexibility index (Phi) is 6.35. The lowest BCUT2D eigenvalue weighted by atomic mass is 9.99. The van der Waals surface area contributed by atoms with Crippen molar-refractivity contribution in [1.82, 2.24) is 5.32 Å². The number of unbranched alkanes of at least 4 members (excludes halogenated alkanes) is 1. The van der Waals surface area contributed by atoms with Crippen LogP contribution in [0.5, 0.6) is 0 Å². The Balaban J connectivity index is 3.35. The molecule has 0 aliphatic rings. The van der Waals surface area contributed by atoms with Gasteiger partial charge in [-0.3, -0.25) is 0 Å². The van der Waals surface area contributed by atoms with E-state index < -0.39 is 0 Å². The zero-order valence-corrected chi connectivity index (χ0v) is 9.81. The molecule has 0 heterocycles. The molecule has 0 aromatic rings. The predicted molar refractivity (Wildman–Crippen MR) is 58.1 cm³/mol. The van der Waals surface area contributed by atoms with Gasteiger partial charge in [-0.15, -0.1) is 0 Å². The molecule has 0 saturated heterocycles. The van der Waals surface area contributed by atoms with Crippen LogP contribution in [0.1, 0.15) is 46.5 Å². The first-order valence-electron chi connectivity index (χ1n) is 5.24. The van der Waals surface area contributed by atoms with Crippen molar-refractivity contribution in [2.24, 2.45) is 0 Å². The van der Waals surface area contributed by atoms with E-state index >= 15 is 0 Å². The molecule has 2 nitrogen and oxygen atoms in total. The minimum atomic E-state index is 0.0584. The van der Waals surface area contributed by atoms with E-state index in [1.165, 1.54) is 19.3 Å². The average molecular weight is 187 g/mol. The Morgan fingerprint density at radius 2 is 1.92 bits per heavy atom. The molecule has 0 saturated carbocycles.